The molecule has 1 saturated carbocycles. The van der Waals surface area contributed by atoms with Crippen molar-refractivity contribution in [3.8, 4) is 0 Å². The van der Waals surface area contributed by atoms with Crippen molar-refractivity contribution in [3.05, 3.63) is 6.33 Å². The van der Waals surface area contributed by atoms with Gasteiger partial charge in [0, 0.05) is 0 Å². The maximum atomic E-state index is 12.6. The zero-order valence-corrected chi connectivity index (χ0v) is 16.4. The van der Waals surface area contributed by atoms with Gasteiger partial charge in [0.2, 0.25) is 5.95 Å². The van der Waals surface area contributed by atoms with Crippen LogP contribution in [0.1, 0.15) is 25.7 Å². The molecule has 174 valence electrons. The SMILES string of the molecule is Nc1nc(N)c2ncn(CC3(OOP(=O)(O)C(CC(F)(F)F)CC(F)(F)F)CC3)c2n1. The maximum absolute atomic E-state index is 12.6. The number of nitrogens with two attached hydrogens (primary N) is 2. The lowest BCUT2D eigenvalue weighted by molar-refractivity contribution is -0.268. The first-order chi connectivity index (χ1) is 14.1. The summed E-state index contributed by atoms with van der Waals surface area (Å²) in [6.45, 7) is -0.0946. The average Bonchev–Trinajstić information content (AvgIpc) is 3.24. The molecule has 2 aromatic rings. The number of alkyl halides is 6. The summed E-state index contributed by atoms with van der Waals surface area (Å²) in [4.78, 5) is 26.4. The predicted molar refractivity (Wildman–Crippen MR) is 93.2 cm³/mol. The summed E-state index contributed by atoms with van der Waals surface area (Å²) in [6, 6.07) is 0. The van der Waals surface area contributed by atoms with Gasteiger partial charge in [0.05, 0.1) is 31.4 Å². The standard InChI is InChI=1S/C14H17F6N6O4P/c15-13(16,17)3-7(4-14(18,19)20)31(27,28)30-29-12(1-2-12)5-26-6-23-8-9(21)24-11(22)25-10(8)26/h6-7H,1-5H2,(H,27,28)(H4,21,22,24,25). The molecule has 1 aliphatic rings. The molecule has 2 heterocycles. The molecule has 31 heavy (non-hydrogen) atoms. The van der Waals surface area contributed by atoms with E-state index >= 15 is 0 Å². The molecule has 1 aliphatic carbocycles. The summed E-state index contributed by atoms with van der Waals surface area (Å²) in [5.41, 5.74) is 7.56. The van der Waals surface area contributed by atoms with Crippen LogP contribution in [0.2, 0.25) is 0 Å². The normalized spacial score (nSPS) is 18.5. The second-order valence-electron chi connectivity index (χ2n) is 7.21. The van der Waals surface area contributed by atoms with Crippen molar-refractivity contribution >= 4 is 30.5 Å². The number of rotatable bonds is 8. The van der Waals surface area contributed by atoms with Crippen molar-refractivity contribution in [1.29, 1.82) is 0 Å². The smallest absolute Gasteiger partial charge is 0.382 e. The number of hydrogen-bond acceptors (Lipinski definition) is 8. The van der Waals surface area contributed by atoms with Crippen LogP contribution in [-0.4, -0.2) is 48.0 Å². The van der Waals surface area contributed by atoms with E-state index in [1.54, 1.807) is 0 Å². The zero-order valence-electron chi connectivity index (χ0n) is 15.5. The van der Waals surface area contributed by atoms with Crippen LogP contribution >= 0.6 is 7.60 Å². The van der Waals surface area contributed by atoms with E-state index in [0.29, 0.717) is 0 Å². The number of nitrogens with zero attached hydrogens (tertiary/aromatic N) is 4. The van der Waals surface area contributed by atoms with Gasteiger partial charge in [-0.05, 0) is 12.8 Å². The minimum absolute atomic E-state index is 0.00901. The Labute approximate surface area is 170 Å². The van der Waals surface area contributed by atoms with Crippen LogP contribution in [0.4, 0.5) is 38.1 Å². The lowest BCUT2D eigenvalue weighted by atomic mass is 10.2. The summed E-state index contributed by atoms with van der Waals surface area (Å²) < 4.78 is 93.6. The molecule has 10 nitrogen and oxygen atoms in total. The maximum Gasteiger partial charge on any atom is 0.390 e. The minimum Gasteiger partial charge on any atom is -0.382 e. The quantitative estimate of drug-likeness (QED) is 0.225. The van der Waals surface area contributed by atoms with Crippen molar-refractivity contribution in [2.75, 3.05) is 11.5 Å². The van der Waals surface area contributed by atoms with Gasteiger partial charge in [-0.2, -0.15) is 36.3 Å². The Morgan fingerprint density at radius 3 is 2.26 bits per heavy atom. The van der Waals surface area contributed by atoms with Crippen molar-refractivity contribution in [1.82, 2.24) is 19.5 Å². The summed E-state index contributed by atoms with van der Waals surface area (Å²) in [5, 5.41) is 0. The van der Waals surface area contributed by atoms with Crippen molar-refractivity contribution in [2.45, 2.75) is 55.8 Å². The first-order valence-electron chi connectivity index (χ1n) is 8.66. The molecular formula is C14H17F6N6O4P. The van der Waals surface area contributed by atoms with Crippen LogP contribution in [0.25, 0.3) is 11.2 Å². The van der Waals surface area contributed by atoms with Gasteiger partial charge in [-0.25, -0.2) is 9.87 Å². The molecule has 0 aromatic carbocycles. The number of halogens is 6. The molecule has 0 aliphatic heterocycles. The Bertz CT molecular complexity index is 992. The molecule has 0 radical (unpaired) electrons. The van der Waals surface area contributed by atoms with Gasteiger partial charge in [-0.3, -0.25) is 4.57 Å². The highest BCUT2D eigenvalue weighted by molar-refractivity contribution is 7.53. The number of aromatic nitrogens is 4. The molecular weight excluding hydrogens is 461 g/mol. The molecule has 1 atom stereocenters. The fraction of sp³-hybridized carbons (Fsp3) is 0.643. The second kappa shape index (κ2) is 7.76. The van der Waals surface area contributed by atoms with Gasteiger partial charge in [-0.1, -0.05) is 0 Å². The number of imidazole rings is 1. The molecule has 1 fully saturated rings. The monoisotopic (exact) mass is 478 g/mol. The van der Waals surface area contributed by atoms with Gasteiger partial charge >= 0.3 is 19.9 Å². The van der Waals surface area contributed by atoms with Gasteiger partial charge in [0.15, 0.2) is 11.5 Å². The highest BCUT2D eigenvalue weighted by atomic mass is 31.2. The fourth-order valence-electron chi connectivity index (χ4n) is 2.85. The largest absolute Gasteiger partial charge is 0.390 e. The summed E-state index contributed by atoms with van der Waals surface area (Å²) in [6.07, 6.45) is -12.8. The summed E-state index contributed by atoms with van der Waals surface area (Å²) >= 11 is 0. The lowest BCUT2D eigenvalue weighted by Gasteiger charge is -2.25. The third-order valence-corrected chi connectivity index (χ3v) is 6.07. The third-order valence-electron chi connectivity index (χ3n) is 4.49. The zero-order chi connectivity index (χ0) is 23.2. The average molecular weight is 478 g/mol. The first kappa shape index (κ1) is 23.5. The second-order valence-corrected chi connectivity index (χ2v) is 9.22. The summed E-state index contributed by atoms with van der Waals surface area (Å²) in [7, 11) is -5.46. The van der Waals surface area contributed by atoms with Crippen molar-refractivity contribution in [3.63, 3.8) is 0 Å². The van der Waals surface area contributed by atoms with Crippen LogP contribution in [0.15, 0.2) is 6.33 Å². The highest BCUT2D eigenvalue weighted by Gasteiger charge is 2.52. The van der Waals surface area contributed by atoms with Crippen molar-refractivity contribution in [2.24, 2.45) is 0 Å². The topological polar surface area (TPSA) is 151 Å². The Kier molecular flexibility index (Phi) is 5.88. The van der Waals surface area contributed by atoms with E-state index in [0.717, 1.165) is 0 Å². The van der Waals surface area contributed by atoms with E-state index in [9.17, 15) is 35.8 Å². The van der Waals surface area contributed by atoms with E-state index < -0.39 is 44.1 Å². The molecule has 17 heteroatoms. The minimum atomic E-state index is -5.46. The number of nitrogen functional groups attached to an aromatic ring is 2. The van der Waals surface area contributed by atoms with Crippen LogP contribution in [0, 0.1) is 0 Å². The van der Waals surface area contributed by atoms with Crippen LogP contribution in [0.3, 0.4) is 0 Å². The third kappa shape index (κ3) is 5.96. The van der Waals surface area contributed by atoms with Crippen molar-refractivity contribution < 1.29 is 45.4 Å². The lowest BCUT2D eigenvalue weighted by Crippen LogP contribution is -2.28. The van der Waals surface area contributed by atoms with Crippen LogP contribution in [-0.2, 0) is 20.7 Å². The Balaban J connectivity index is 1.74. The van der Waals surface area contributed by atoms with Gasteiger partial charge < -0.3 is 20.9 Å². The Morgan fingerprint density at radius 1 is 1.16 bits per heavy atom. The van der Waals surface area contributed by atoms with E-state index in [2.05, 4.69) is 19.6 Å². The Hall–Kier alpha value is -2.16. The number of anilines is 2. The molecule has 0 bridgehead atoms. The predicted octanol–water partition coefficient (Wildman–Crippen LogP) is 2.93. The molecule has 1 unspecified atom stereocenters. The van der Waals surface area contributed by atoms with Crippen LogP contribution in [0.5, 0.6) is 0 Å². The summed E-state index contributed by atoms with van der Waals surface area (Å²) in [5.74, 6) is -0.166. The number of fused-ring (bicyclic) bond motifs is 1. The van der Waals surface area contributed by atoms with Gasteiger partial charge in [0.25, 0.3) is 0 Å². The molecule has 2 aromatic heterocycles. The highest BCUT2D eigenvalue weighted by Crippen LogP contribution is 2.57. The molecule has 5 N–H and O–H groups in total. The van der Waals surface area contributed by atoms with Gasteiger partial charge in [0.1, 0.15) is 11.1 Å². The molecule has 3 rings (SSSR count). The fourth-order valence-corrected chi connectivity index (χ4v) is 4.11. The first-order valence-corrected chi connectivity index (χ1v) is 10.3. The molecule has 0 spiro atoms. The van der Waals surface area contributed by atoms with Crippen LogP contribution < -0.4 is 11.5 Å². The molecule has 0 saturated heterocycles. The van der Waals surface area contributed by atoms with E-state index in [-0.39, 0.29) is 42.3 Å². The number of hydrogen-bond donors (Lipinski definition) is 3. The van der Waals surface area contributed by atoms with E-state index in [1.165, 1.54) is 10.9 Å². The Morgan fingerprint density at radius 2 is 1.74 bits per heavy atom. The van der Waals surface area contributed by atoms with E-state index in [4.69, 9.17) is 16.4 Å². The molecule has 0 amide bonds. The van der Waals surface area contributed by atoms with Gasteiger partial charge in [-0.15, -0.1) is 4.67 Å². The van der Waals surface area contributed by atoms with E-state index in [1.807, 2.05) is 0 Å².